The van der Waals surface area contributed by atoms with Gasteiger partial charge in [0.15, 0.2) is 0 Å². The molecule has 0 aromatic heterocycles. The highest BCUT2D eigenvalue weighted by molar-refractivity contribution is 5.30. The van der Waals surface area contributed by atoms with Gasteiger partial charge in [0.2, 0.25) is 6.29 Å². The molecule has 1 heterocycles. The molecule has 0 unspecified atom stereocenters. The molecule has 1 saturated heterocycles. The molecular formula is C12H17NO6. The van der Waals surface area contributed by atoms with Crippen molar-refractivity contribution in [3.05, 3.63) is 24.3 Å². The van der Waals surface area contributed by atoms with Gasteiger partial charge in [-0.15, -0.1) is 0 Å². The molecule has 0 aliphatic carbocycles. The van der Waals surface area contributed by atoms with Crippen LogP contribution in [0.4, 0.5) is 0 Å². The lowest BCUT2D eigenvalue weighted by molar-refractivity contribution is -0.239. The van der Waals surface area contributed by atoms with Gasteiger partial charge in [-0.25, -0.2) is 0 Å². The predicted octanol–water partition coefficient (Wildman–Crippen LogP) is -1.46. The fraction of sp³-hybridized carbons (Fsp3) is 0.500. The van der Waals surface area contributed by atoms with Gasteiger partial charge in [0, 0.05) is 0 Å². The van der Waals surface area contributed by atoms with Crippen molar-refractivity contribution in [2.75, 3.05) is 6.61 Å². The predicted molar refractivity (Wildman–Crippen MR) is 64.5 cm³/mol. The zero-order valence-electron chi connectivity index (χ0n) is 10.1. The highest BCUT2D eigenvalue weighted by Crippen LogP contribution is 2.24. The van der Waals surface area contributed by atoms with Gasteiger partial charge in [0.05, 0.1) is 12.6 Å². The molecule has 0 saturated carbocycles. The number of phenols is 1. The van der Waals surface area contributed by atoms with E-state index in [1.165, 1.54) is 24.3 Å². The van der Waals surface area contributed by atoms with E-state index in [4.69, 9.17) is 25.4 Å². The molecule has 0 bridgehead atoms. The van der Waals surface area contributed by atoms with Crippen molar-refractivity contribution >= 4 is 0 Å². The lowest BCUT2D eigenvalue weighted by Gasteiger charge is -2.40. The first-order chi connectivity index (χ1) is 9.02. The molecule has 7 nitrogen and oxygen atoms in total. The minimum atomic E-state index is -1.26. The molecule has 0 spiro atoms. The molecule has 1 aliphatic heterocycles. The second kappa shape index (κ2) is 5.72. The number of rotatable bonds is 3. The zero-order chi connectivity index (χ0) is 14.0. The summed E-state index contributed by atoms with van der Waals surface area (Å²) in [4.78, 5) is 0. The molecule has 0 amide bonds. The number of ether oxygens (including phenoxy) is 2. The van der Waals surface area contributed by atoms with Gasteiger partial charge < -0.3 is 35.6 Å². The van der Waals surface area contributed by atoms with Gasteiger partial charge in [-0.1, -0.05) is 0 Å². The first-order valence-electron chi connectivity index (χ1n) is 5.86. The number of nitrogens with two attached hydrogens (primary N) is 1. The van der Waals surface area contributed by atoms with E-state index in [2.05, 4.69) is 0 Å². The Hall–Kier alpha value is -1.38. The van der Waals surface area contributed by atoms with E-state index in [9.17, 15) is 10.2 Å². The van der Waals surface area contributed by atoms with E-state index in [0.717, 1.165) is 0 Å². The molecule has 6 N–H and O–H groups in total. The largest absolute Gasteiger partial charge is 0.508 e. The Labute approximate surface area is 109 Å². The minimum absolute atomic E-state index is 0.0879. The summed E-state index contributed by atoms with van der Waals surface area (Å²) in [5.74, 6) is 0.475. The molecule has 7 heteroatoms. The topological polar surface area (TPSA) is 125 Å². The van der Waals surface area contributed by atoms with Crippen LogP contribution in [0.15, 0.2) is 24.3 Å². The maximum Gasteiger partial charge on any atom is 0.218 e. The number of aliphatic hydroxyl groups excluding tert-OH is 3. The summed E-state index contributed by atoms with van der Waals surface area (Å²) in [6.07, 6.45) is -4.48. The van der Waals surface area contributed by atoms with Crippen molar-refractivity contribution in [2.24, 2.45) is 5.73 Å². The summed E-state index contributed by atoms with van der Waals surface area (Å²) < 4.78 is 10.7. The smallest absolute Gasteiger partial charge is 0.218 e. The van der Waals surface area contributed by atoms with Crippen molar-refractivity contribution in [2.45, 2.75) is 30.6 Å². The molecular weight excluding hydrogens is 254 g/mol. The van der Waals surface area contributed by atoms with E-state index >= 15 is 0 Å². The van der Waals surface area contributed by atoms with Crippen LogP contribution >= 0.6 is 0 Å². The van der Waals surface area contributed by atoms with Gasteiger partial charge >= 0.3 is 0 Å². The van der Waals surface area contributed by atoms with Gasteiger partial charge in [-0.2, -0.15) is 0 Å². The summed E-state index contributed by atoms with van der Waals surface area (Å²) in [5, 5.41) is 37.6. The fourth-order valence-electron chi connectivity index (χ4n) is 1.87. The number of benzene rings is 1. The molecule has 19 heavy (non-hydrogen) atoms. The van der Waals surface area contributed by atoms with E-state index in [0.29, 0.717) is 5.75 Å². The molecule has 1 aromatic rings. The molecule has 1 aliphatic rings. The Balaban J connectivity index is 2.08. The van der Waals surface area contributed by atoms with Gasteiger partial charge in [0.25, 0.3) is 0 Å². The van der Waals surface area contributed by atoms with Crippen molar-refractivity contribution in [3.8, 4) is 11.5 Å². The van der Waals surface area contributed by atoms with E-state index in [1.807, 2.05) is 0 Å². The number of aromatic hydroxyl groups is 1. The lowest BCUT2D eigenvalue weighted by Crippen LogP contribution is -2.63. The third-order valence-corrected chi connectivity index (χ3v) is 3.02. The third kappa shape index (κ3) is 2.96. The van der Waals surface area contributed by atoms with Gasteiger partial charge in [0.1, 0.15) is 29.8 Å². The Morgan fingerprint density at radius 1 is 1.16 bits per heavy atom. The van der Waals surface area contributed by atoms with E-state index in [-0.39, 0.29) is 5.75 Å². The summed E-state index contributed by atoms with van der Waals surface area (Å²) in [5.41, 5.74) is 5.72. The SMILES string of the molecule is N[C@H]1[C@@H](Oc2ccc(O)cc2)O[C@H](CO)[C@H](O)[C@@H]1O. The fourth-order valence-corrected chi connectivity index (χ4v) is 1.87. The molecule has 0 radical (unpaired) electrons. The third-order valence-electron chi connectivity index (χ3n) is 3.02. The van der Waals surface area contributed by atoms with Crippen molar-refractivity contribution in [1.29, 1.82) is 0 Å². The second-order valence-corrected chi connectivity index (χ2v) is 4.40. The van der Waals surface area contributed by atoms with E-state index < -0.39 is 37.3 Å². The van der Waals surface area contributed by atoms with Crippen molar-refractivity contribution < 1.29 is 29.9 Å². The van der Waals surface area contributed by atoms with Crippen LogP contribution in [0.5, 0.6) is 11.5 Å². The quantitative estimate of drug-likeness (QED) is 0.455. The van der Waals surface area contributed by atoms with Gasteiger partial charge in [-0.05, 0) is 24.3 Å². The van der Waals surface area contributed by atoms with Crippen molar-refractivity contribution in [3.63, 3.8) is 0 Å². The summed E-state index contributed by atoms with van der Waals surface area (Å²) in [6, 6.07) is 4.93. The number of phenolic OH excluding ortho intramolecular Hbond substituents is 1. The second-order valence-electron chi connectivity index (χ2n) is 4.40. The van der Waals surface area contributed by atoms with Crippen LogP contribution in [0.3, 0.4) is 0 Å². The Morgan fingerprint density at radius 3 is 2.37 bits per heavy atom. The first kappa shape index (κ1) is 14.0. The summed E-state index contributed by atoms with van der Waals surface area (Å²) in [7, 11) is 0. The monoisotopic (exact) mass is 271 g/mol. The Bertz CT molecular complexity index is 409. The van der Waals surface area contributed by atoms with Crippen LogP contribution in [0.25, 0.3) is 0 Å². The van der Waals surface area contributed by atoms with E-state index in [1.54, 1.807) is 0 Å². The minimum Gasteiger partial charge on any atom is -0.508 e. The Kier molecular flexibility index (Phi) is 4.23. The first-order valence-corrected chi connectivity index (χ1v) is 5.86. The standard InChI is InChI=1S/C12H17NO6/c13-9-11(17)10(16)8(5-14)19-12(9)18-7-3-1-6(15)2-4-7/h1-4,8-12,14-17H,5,13H2/t8-,9-,10+,11-,12+/m1/s1. The van der Waals surface area contributed by atoms with Crippen LogP contribution in [0.2, 0.25) is 0 Å². The maximum absolute atomic E-state index is 9.75. The number of hydrogen-bond donors (Lipinski definition) is 5. The molecule has 106 valence electrons. The zero-order valence-corrected chi connectivity index (χ0v) is 10.1. The lowest BCUT2D eigenvalue weighted by atomic mass is 9.98. The van der Waals surface area contributed by atoms with Crippen LogP contribution in [0.1, 0.15) is 0 Å². The average Bonchev–Trinajstić information content (AvgIpc) is 2.42. The summed E-state index contributed by atoms with van der Waals surface area (Å²) in [6.45, 7) is -0.458. The molecule has 5 atom stereocenters. The van der Waals surface area contributed by atoms with Crippen LogP contribution in [0, 0.1) is 0 Å². The summed E-state index contributed by atoms with van der Waals surface area (Å²) >= 11 is 0. The maximum atomic E-state index is 9.75. The average molecular weight is 271 g/mol. The Morgan fingerprint density at radius 2 is 1.79 bits per heavy atom. The normalized spacial score (nSPS) is 35.1. The number of aliphatic hydroxyl groups is 3. The molecule has 1 fully saturated rings. The van der Waals surface area contributed by atoms with Crippen LogP contribution in [-0.4, -0.2) is 57.7 Å². The van der Waals surface area contributed by atoms with Crippen molar-refractivity contribution in [1.82, 2.24) is 0 Å². The van der Waals surface area contributed by atoms with Crippen LogP contribution in [-0.2, 0) is 4.74 Å². The highest BCUT2D eigenvalue weighted by Gasteiger charge is 2.43. The molecule has 1 aromatic carbocycles. The van der Waals surface area contributed by atoms with Gasteiger partial charge in [-0.3, -0.25) is 0 Å². The number of hydrogen-bond acceptors (Lipinski definition) is 7. The highest BCUT2D eigenvalue weighted by atomic mass is 16.7. The molecule has 2 rings (SSSR count). The van der Waals surface area contributed by atoms with Crippen LogP contribution < -0.4 is 10.5 Å².